The Hall–Kier alpha value is -8.72. The fourth-order valence-corrected chi connectivity index (χ4v) is 9.96. The molecular weight excluding hydrogens is 797 g/mol. The number of hydrogen-bond acceptors (Lipinski definition) is 1. The molecule has 0 aliphatic carbocycles. The Kier molecular flexibility index (Phi) is 9.89. The third-order valence-corrected chi connectivity index (χ3v) is 13.0. The largest absolute Gasteiger partial charge is 0.310 e. The van der Waals surface area contributed by atoms with Crippen LogP contribution in [0.15, 0.2) is 267 Å². The molecule has 0 spiro atoms. The highest BCUT2D eigenvalue weighted by Gasteiger charge is 2.22. The molecule has 0 unspecified atom stereocenters. The van der Waals surface area contributed by atoms with Gasteiger partial charge in [0.2, 0.25) is 0 Å². The number of aromatic nitrogens is 1. The maximum Gasteiger partial charge on any atom is 0.0541 e. The van der Waals surface area contributed by atoms with E-state index in [1.807, 2.05) is 0 Å². The molecule has 0 atom stereocenters. The zero-order valence-corrected chi connectivity index (χ0v) is 36.3. The second kappa shape index (κ2) is 16.8. The zero-order valence-electron chi connectivity index (χ0n) is 36.3. The van der Waals surface area contributed by atoms with E-state index >= 15 is 0 Å². The molecule has 0 bridgehead atoms. The van der Waals surface area contributed by atoms with Crippen LogP contribution >= 0.6 is 0 Å². The van der Waals surface area contributed by atoms with Gasteiger partial charge in [-0.2, -0.15) is 0 Å². The van der Waals surface area contributed by atoms with E-state index in [2.05, 4.69) is 276 Å². The van der Waals surface area contributed by atoms with Crippen molar-refractivity contribution in [1.29, 1.82) is 0 Å². The number of para-hydroxylation sites is 3. The summed E-state index contributed by atoms with van der Waals surface area (Å²) in [5.41, 5.74) is 18.5. The molecule has 0 fully saturated rings. The minimum absolute atomic E-state index is 1.06. The number of fused-ring (bicyclic) bond motifs is 4. The lowest BCUT2D eigenvalue weighted by Crippen LogP contribution is -2.11. The van der Waals surface area contributed by atoms with Crippen LogP contribution < -0.4 is 4.90 Å². The fraction of sp³-hybridized carbons (Fsp3) is 0. The van der Waals surface area contributed by atoms with Crippen LogP contribution in [0.5, 0.6) is 0 Å². The summed E-state index contributed by atoms with van der Waals surface area (Å²) in [6.07, 6.45) is 0. The van der Waals surface area contributed by atoms with Crippen LogP contribution in [0.1, 0.15) is 0 Å². The van der Waals surface area contributed by atoms with Gasteiger partial charge in [-0.25, -0.2) is 0 Å². The summed E-state index contributed by atoms with van der Waals surface area (Å²) in [5.74, 6) is 0. The van der Waals surface area contributed by atoms with Gasteiger partial charge in [0.1, 0.15) is 0 Å². The third kappa shape index (κ3) is 6.93. The Bertz CT molecular complexity index is 3640. The van der Waals surface area contributed by atoms with Gasteiger partial charge in [0.05, 0.1) is 16.7 Å². The third-order valence-electron chi connectivity index (χ3n) is 13.0. The van der Waals surface area contributed by atoms with Crippen molar-refractivity contribution >= 4 is 49.6 Å². The average Bonchev–Trinajstić information content (AvgIpc) is 3.74. The van der Waals surface area contributed by atoms with Gasteiger partial charge in [-0.05, 0) is 122 Å². The summed E-state index contributed by atoms with van der Waals surface area (Å²) in [5, 5.41) is 4.96. The Morgan fingerprint density at radius 1 is 0.258 bits per heavy atom. The molecule has 0 N–H and O–H groups in total. The first-order valence-electron chi connectivity index (χ1n) is 22.7. The molecule has 0 saturated heterocycles. The highest BCUT2D eigenvalue weighted by Crippen LogP contribution is 2.47. The first-order valence-corrected chi connectivity index (χ1v) is 22.7. The van der Waals surface area contributed by atoms with Crippen molar-refractivity contribution in [3.8, 4) is 61.3 Å². The zero-order chi connectivity index (χ0) is 43.8. The van der Waals surface area contributed by atoms with E-state index < -0.39 is 0 Å². The summed E-state index contributed by atoms with van der Waals surface area (Å²) >= 11 is 0. The number of hydrogen-bond donors (Lipinski definition) is 0. The summed E-state index contributed by atoms with van der Waals surface area (Å²) in [6, 6.07) is 97.0. The van der Waals surface area contributed by atoms with E-state index in [4.69, 9.17) is 0 Å². The minimum atomic E-state index is 1.06. The van der Waals surface area contributed by atoms with Crippen molar-refractivity contribution in [3.05, 3.63) is 267 Å². The van der Waals surface area contributed by atoms with Gasteiger partial charge in [0, 0.05) is 33.4 Å². The number of anilines is 3. The highest BCUT2D eigenvalue weighted by atomic mass is 15.1. The van der Waals surface area contributed by atoms with Gasteiger partial charge < -0.3 is 9.47 Å². The average molecular weight is 841 g/mol. The van der Waals surface area contributed by atoms with Crippen molar-refractivity contribution in [1.82, 2.24) is 4.57 Å². The second-order valence-corrected chi connectivity index (χ2v) is 16.9. The monoisotopic (exact) mass is 840 g/mol. The van der Waals surface area contributed by atoms with Gasteiger partial charge in [-0.1, -0.05) is 206 Å². The molecule has 12 aromatic rings. The van der Waals surface area contributed by atoms with Gasteiger partial charge in [-0.3, -0.25) is 0 Å². The second-order valence-electron chi connectivity index (χ2n) is 16.9. The number of benzene rings is 11. The van der Waals surface area contributed by atoms with Crippen LogP contribution in [0.25, 0.3) is 93.9 Å². The molecule has 12 rings (SSSR count). The van der Waals surface area contributed by atoms with E-state index in [1.165, 1.54) is 77.1 Å². The quantitative estimate of drug-likeness (QED) is 0.141. The van der Waals surface area contributed by atoms with E-state index in [0.717, 1.165) is 33.9 Å². The van der Waals surface area contributed by atoms with Crippen LogP contribution in [0.3, 0.4) is 0 Å². The lowest BCUT2D eigenvalue weighted by Gasteiger charge is -2.29. The summed E-state index contributed by atoms with van der Waals surface area (Å²) < 4.78 is 2.39. The van der Waals surface area contributed by atoms with Gasteiger partial charge in [-0.15, -0.1) is 0 Å². The maximum atomic E-state index is 2.44. The first kappa shape index (κ1) is 38.9. The molecule has 1 heterocycles. The minimum Gasteiger partial charge on any atom is -0.310 e. The van der Waals surface area contributed by atoms with Crippen molar-refractivity contribution < 1.29 is 0 Å². The molecule has 310 valence electrons. The fourth-order valence-electron chi connectivity index (χ4n) is 9.96. The molecule has 2 heteroatoms. The van der Waals surface area contributed by atoms with Crippen LogP contribution in [0.2, 0.25) is 0 Å². The van der Waals surface area contributed by atoms with E-state index in [9.17, 15) is 0 Å². The van der Waals surface area contributed by atoms with Gasteiger partial charge >= 0.3 is 0 Å². The van der Waals surface area contributed by atoms with E-state index in [1.54, 1.807) is 0 Å². The molecular formula is C64H44N2. The Labute approximate surface area is 385 Å². The van der Waals surface area contributed by atoms with Crippen LogP contribution in [-0.2, 0) is 0 Å². The predicted octanol–water partition coefficient (Wildman–Crippen LogP) is 17.7. The SMILES string of the molecule is c1ccc(-c2ccc(-c3ccccc3N(c3ccc(-n4c5ccccc5c5ccccc54)cc3)c3cccc(-c4cccc5ccccc45)c3)c(-c3ccccc3-c3ccccc3)c2)cc1. The maximum absolute atomic E-state index is 2.44. The smallest absolute Gasteiger partial charge is 0.0541 e. The molecule has 0 radical (unpaired) electrons. The van der Waals surface area contributed by atoms with Gasteiger partial charge in [0.15, 0.2) is 0 Å². The first-order chi connectivity index (χ1) is 32.8. The topological polar surface area (TPSA) is 8.17 Å². The van der Waals surface area contributed by atoms with Crippen molar-refractivity contribution in [2.75, 3.05) is 4.90 Å². The molecule has 0 aliphatic rings. The lowest BCUT2D eigenvalue weighted by molar-refractivity contribution is 1.17. The van der Waals surface area contributed by atoms with Crippen LogP contribution in [0, 0.1) is 0 Å². The summed E-state index contributed by atoms with van der Waals surface area (Å²) in [7, 11) is 0. The molecule has 2 nitrogen and oxygen atoms in total. The Balaban J connectivity index is 1.08. The normalized spacial score (nSPS) is 11.3. The van der Waals surface area contributed by atoms with Gasteiger partial charge in [0.25, 0.3) is 0 Å². The molecule has 1 aromatic heterocycles. The van der Waals surface area contributed by atoms with Crippen molar-refractivity contribution in [2.45, 2.75) is 0 Å². The Morgan fingerprint density at radius 3 is 1.53 bits per heavy atom. The van der Waals surface area contributed by atoms with E-state index in [-0.39, 0.29) is 0 Å². The summed E-state index contributed by atoms with van der Waals surface area (Å²) in [6.45, 7) is 0. The molecule has 0 amide bonds. The van der Waals surface area contributed by atoms with E-state index in [0.29, 0.717) is 0 Å². The van der Waals surface area contributed by atoms with Crippen molar-refractivity contribution in [2.24, 2.45) is 0 Å². The standard InChI is InChI=1S/C64H44N2/c1-3-19-45(20-4-1)48-37-42-57(61(44-48)56-29-10-9-28-54(56)46-21-5-2-6-22-46)58-30-11-14-34-62(58)65(52-26-17-25-49(43-52)55-33-18-24-47-23-7-8-27-53(47)55)50-38-40-51(41-39-50)66-63-35-15-12-31-59(63)60-32-13-16-36-64(60)66/h1-44H. The lowest BCUT2D eigenvalue weighted by atomic mass is 9.86. The summed E-state index contributed by atoms with van der Waals surface area (Å²) in [4.78, 5) is 2.44. The highest BCUT2D eigenvalue weighted by molar-refractivity contribution is 6.09. The molecule has 66 heavy (non-hydrogen) atoms. The molecule has 0 aliphatic heterocycles. The number of rotatable bonds is 9. The molecule has 0 saturated carbocycles. The van der Waals surface area contributed by atoms with Crippen LogP contribution in [-0.4, -0.2) is 4.57 Å². The van der Waals surface area contributed by atoms with Crippen LogP contribution in [0.4, 0.5) is 17.1 Å². The molecule has 11 aromatic carbocycles. The van der Waals surface area contributed by atoms with Crippen molar-refractivity contribution in [3.63, 3.8) is 0 Å². The predicted molar refractivity (Wildman–Crippen MR) is 280 cm³/mol. The Morgan fingerprint density at radius 2 is 0.788 bits per heavy atom. The number of nitrogens with zero attached hydrogens (tertiary/aromatic N) is 2.